The molecule has 2 N–H and O–H groups in total. The lowest BCUT2D eigenvalue weighted by atomic mass is 10.0. The smallest absolute Gasteiger partial charge is 0.251 e. The van der Waals surface area contributed by atoms with Crippen LogP contribution in [0.2, 0.25) is 0 Å². The average molecular weight is 456 g/mol. The fourth-order valence-electron chi connectivity index (χ4n) is 3.46. The number of aryl methyl sites for hydroxylation is 1. The van der Waals surface area contributed by atoms with Gasteiger partial charge in [0.15, 0.2) is 5.13 Å². The van der Waals surface area contributed by atoms with Gasteiger partial charge < -0.3 is 10.6 Å². The average Bonchev–Trinajstić information content (AvgIpc) is 3.33. The van der Waals surface area contributed by atoms with Gasteiger partial charge in [0.1, 0.15) is 6.04 Å². The molecular formula is C27H25N3O2S. The second-order valence-electron chi connectivity index (χ2n) is 7.66. The summed E-state index contributed by atoms with van der Waals surface area (Å²) in [6.07, 6.45) is 1.36. The molecule has 0 fully saturated rings. The predicted octanol–water partition coefficient (Wildman–Crippen LogP) is 5.35. The monoisotopic (exact) mass is 455 g/mol. The van der Waals surface area contributed by atoms with Crippen LogP contribution in [0.5, 0.6) is 0 Å². The SMILES string of the molecule is CCc1ccc(-c2csc(NC(=O)[C@@H](Cc3ccccc3)NC(=O)c3ccccc3)n2)cc1. The Labute approximate surface area is 197 Å². The highest BCUT2D eigenvalue weighted by atomic mass is 32.1. The molecule has 1 aromatic heterocycles. The number of hydrogen-bond donors (Lipinski definition) is 2. The van der Waals surface area contributed by atoms with Gasteiger partial charge in [0.2, 0.25) is 5.91 Å². The zero-order valence-electron chi connectivity index (χ0n) is 18.3. The molecule has 0 saturated heterocycles. The molecule has 166 valence electrons. The number of carbonyl (C=O) groups excluding carboxylic acids is 2. The third kappa shape index (κ3) is 5.93. The lowest BCUT2D eigenvalue weighted by Gasteiger charge is -2.18. The van der Waals surface area contributed by atoms with Crippen LogP contribution in [-0.4, -0.2) is 22.8 Å². The first-order valence-corrected chi connectivity index (χ1v) is 11.8. The van der Waals surface area contributed by atoms with Crippen molar-refractivity contribution in [2.75, 3.05) is 5.32 Å². The number of hydrogen-bond acceptors (Lipinski definition) is 4. The van der Waals surface area contributed by atoms with E-state index in [-0.39, 0.29) is 11.8 Å². The molecule has 0 aliphatic heterocycles. The Hall–Kier alpha value is -3.77. The fourth-order valence-corrected chi connectivity index (χ4v) is 4.18. The first kappa shape index (κ1) is 22.4. The maximum absolute atomic E-state index is 13.2. The fraction of sp³-hybridized carbons (Fsp3) is 0.148. The third-order valence-corrected chi connectivity index (χ3v) is 6.09. The summed E-state index contributed by atoms with van der Waals surface area (Å²) in [6.45, 7) is 2.12. The van der Waals surface area contributed by atoms with E-state index in [1.807, 2.05) is 53.9 Å². The molecule has 0 aliphatic carbocycles. The number of nitrogens with zero attached hydrogens (tertiary/aromatic N) is 1. The summed E-state index contributed by atoms with van der Waals surface area (Å²) >= 11 is 1.37. The van der Waals surface area contributed by atoms with Crippen LogP contribution >= 0.6 is 11.3 Å². The second kappa shape index (κ2) is 10.7. The van der Waals surface area contributed by atoms with Crippen molar-refractivity contribution >= 4 is 28.3 Å². The van der Waals surface area contributed by atoms with Gasteiger partial charge in [0.25, 0.3) is 5.91 Å². The van der Waals surface area contributed by atoms with Gasteiger partial charge in [0, 0.05) is 22.9 Å². The number of anilines is 1. The highest BCUT2D eigenvalue weighted by Crippen LogP contribution is 2.25. The summed E-state index contributed by atoms with van der Waals surface area (Å²) in [6, 6.07) is 26.0. The Kier molecular flexibility index (Phi) is 7.27. The van der Waals surface area contributed by atoms with Crippen molar-refractivity contribution < 1.29 is 9.59 Å². The van der Waals surface area contributed by atoms with Crippen LogP contribution in [0.3, 0.4) is 0 Å². The Morgan fingerprint density at radius 2 is 1.55 bits per heavy atom. The molecule has 1 heterocycles. The van der Waals surface area contributed by atoms with Crippen molar-refractivity contribution in [1.82, 2.24) is 10.3 Å². The first-order valence-electron chi connectivity index (χ1n) is 10.9. The minimum absolute atomic E-state index is 0.289. The van der Waals surface area contributed by atoms with Crippen molar-refractivity contribution in [2.45, 2.75) is 25.8 Å². The molecule has 2 amide bonds. The predicted molar refractivity (Wildman–Crippen MR) is 133 cm³/mol. The van der Waals surface area contributed by atoms with Crippen LogP contribution in [-0.2, 0) is 17.6 Å². The van der Waals surface area contributed by atoms with E-state index in [0.717, 1.165) is 23.2 Å². The Bertz CT molecular complexity index is 1210. The van der Waals surface area contributed by atoms with Crippen LogP contribution < -0.4 is 10.6 Å². The number of benzene rings is 3. The zero-order chi connectivity index (χ0) is 23.0. The first-order chi connectivity index (χ1) is 16.1. The highest BCUT2D eigenvalue weighted by Gasteiger charge is 2.23. The molecule has 1 atom stereocenters. The maximum atomic E-state index is 13.2. The van der Waals surface area contributed by atoms with Gasteiger partial charge in [-0.15, -0.1) is 11.3 Å². The Morgan fingerprint density at radius 1 is 0.879 bits per heavy atom. The molecule has 33 heavy (non-hydrogen) atoms. The van der Waals surface area contributed by atoms with E-state index in [9.17, 15) is 9.59 Å². The van der Waals surface area contributed by atoms with E-state index in [1.54, 1.807) is 24.3 Å². The van der Waals surface area contributed by atoms with Gasteiger partial charge in [-0.3, -0.25) is 9.59 Å². The topological polar surface area (TPSA) is 71.1 Å². The number of amides is 2. The molecule has 0 radical (unpaired) electrons. The lowest BCUT2D eigenvalue weighted by Crippen LogP contribution is -2.45. The van der Waals surface area contributed by atoms with Gasteiger partial charge in [-0.1, -0.05) is 79.7 Å². The molecule has 4 rings (SSSR count). The summed E-state index contributed by atoms with van der Waals surface area (Å²) in [5.41, 5.74) is 4.55. The van der Waals surface area contributed by atoms with Crippen LogP contribution in [0, 0.1) is 0 Å². The summed E-state index contributed by atoms with van der Waals surface area (Å²) < 4.78 is 0. The van der Waals surface area contributed by atoms with Crippen molar-refractivity contribution in [3.05, 3.63) is 107 Å². The molecule has 6 heteroatoms. The molecule has 0 bridgehead atoms. The molecular weight excluding hydrogens is 430 g/mol. The Balaban J connectivity index is 1.49. The third-order valence-electron chi connectivity index (χ3n) is 5.33. The Morgan fingerprint density at radius 3 is 2.21 bits per heavy atom. The van der Waals surface area contributed by atoms with Crippen LogP contribution in [0.1, 0.15) is 28.4 Å². The standard InChI is InChI=1S/C27H25N3O2S/c1-2-19-13-15-21(16-14-19)24-18-33-27(29-24)30-26(32)23(17-20-9-5-3-6-10-20)28-25(31)22-11-7-4-8-12-22/h3-16,18,23H,2,17H2,1H3,(H,28,31)(H,29,30,32)/t23-/m1/s1. The molecule has 0 spiro atoms. The lowest BCUT2D eigenvalue weighted by molar-refractivity contribution is -0.118. The second-order valence-corrected chi connectivity index (χ2v) is 8.52. The van der Waals surface area contributed by atoms with E-state index in [1.165, 1.54) is 16.9 Å². The van der Waals surface area contributed by atoms with Gasteiger partial charge in [-0.2, -0.15) is 0 Å². The van der Waals surface area contributed by atoms with Gasteiger partial charge in [-0.25, -0.2) is 4.98 Å². The van der Waals surface area contributed by atoms with E-state index in [4.69, 9.17) is 0 Å². The molecule has 5 nitrogen and oxygen atoms in total. The quantitative estimate of drug-likeness (QED) is 0.376. The number of nitrogens with one attached hydrogen (secondary N) is 2. The van der Waals surface area contributed by atoms with Crippen LogP contribution in [0.15, 0.2) is 90.3 Å². The normalized spacial score (nSPS) is 11.5. The molecule has 0 aliphatic rings. The molecule has 4 aromatic rings. The molecule has 0 saturated carbocycles. The summed E-state index contributed by atoms with van der Waals surface area (Å²) in [5.74, 6) is -0.590. The van der Waals surface area contributed by atoms with Crippen molar-refractivity contribution in [2.24, 2.45) is 0 Å². The van der Waals surface area contributed by atoms with E-state index < -0.39 is 6.04 Å². The van der Waals surface area contributed by atoms with Crippen molar-refractivity contribution in [1.29, 1.82) is 0 Å². The van der Waals surface area contributed by atoms with Crippen molar-refractivity contribution in [3.63, 3.8) is 0 Å². The maximum Gasteiger partial charge on any atom is 0.251 e. The minimum atomic E-state index is -0.740. The number of carbonyl (C=O) groups is 2. The number of rotatable bonds is 8. The molecule has 3 aromatic carbocycles. The largest absolute Gasteiger partial charge is 0.340 e. The van der Waals surface area contributed by atoms with Crippen molar-refractivity contribution in [3.8, 4) is 11.3 Å². The van der Waals surface area contributed by atoms with Gasteiger partial charge in [-0.05, 0) is 29.7 Å². The summed E-state index contributed by atoms with van der Waals surface area (Å²) in [4.78, 5) is 30.5. The number of thiazole rings is 1. The zero-order valence-corrected chi connectivity index (χ0v) is 19.1. The van der Waals surface area contributed by atoms with Gasteiger partial charge >= 0.3 is 0 Å². The highest BCUT2D eigenvalue weighted by molar-refractivity contribution is 7.14. The van der Waals surface area contributed by atoms with Gasteiger partial charge in [0.05, 0.1) is 5.69 Å². The van der Waals surface area contributed by atoms with E-state index in [2.05, 4.69) is 34.7 Å². The molecule has 0 unspecified atom stereocenters. The van der Waals surface area contributed by atoms with E-state index >= 15 is 0 Å². The number of aromatic nitrogens is 1. The summed E-state index contributed by atoms with van der Waals surface area (Å²) in [5, 5.41) is 8.19. The van der Waals surface area contributed by atoms with Crippen LogP contribution in [0.25, 0.3) is 11.3 Å². The van der Waals surface area contributed by atoms with E-state index in [0.29, 0.717) is 17.1 Å². The van der Waals surface area contributed by atoms with Crippen LogP contribution in [0.4, 0.5) is 5.13 Å². The minimum Gasteiger partial charge on any atom is -0.340 e. The summed E-state index contributed by atoms with van der Waals surface area (Å²) in [7, 11) is 0.